The lowest BCUT2D eigenvalue weighted by Crippen LogP contribution is -1.99. The third kappa shape index (κ3) is 11.8. The zero-order valence-electron chi connectivity index (χ0n) is 7.85. The molecule has 0 aliphatic carbocycles. The lowest BCUT2D eigenvalue weighted by atomic mass is 10.3. The fourth-order valence-electron chi connectivity index (χ4n) is 0.934. The molecule has 3 radical (unpaired) electrons. The van der Waals surface area contributed by atoms with E-state index in [9.17, 15) is 0 Å². The smallest absolute Gasteiger partial charge is 0.0950 e. The Bertz CT molecular complexity index is 52.3. The molecular weight excluding hydrogens is 150 g/mol. The first-order valence-corrected chi connectivity index (χ1v) is 6.13. The molecule has 0 aromatic carbocycles. The minimum absolute atomic E-state index is 0. The van der Waals surface area contributed by atoms with Crippen LogP contribution in [0.5, 0.6) is 0 Å². The van der Waals surface area contributed by atoms with Gasteiger partial charge in [-0.3, -0.25) is 0 Å². The number of hydrogen-bond acceptors (Lipinski definition) is 0. The van der Waals surface area contributed by atoms with E-state index in [1.165, 1.54) is 10.6 Å². The van der Waals surface area contributed by atoms with Crippen LogP contribution < -0.4 is 0 Å². The van der Waals surface area contributed by atoms with E-state index >= 15 is 0 Å². The van der Waals surface area contributed by atoms with Gasteiger partial charge < -0.3 is 0 Å². The Balaban J connectivity index is 0. The molecule has 0 aromatic heterocycles. The van der Waals surface area contributed by atoms with Crippen LogP contribution in [-0.2, 0) is 0 Å². The third-order valence-electron chi connectivity index (χ3n) is 1.56. The predicted molar refractivity (Wildman–Crippen MR) is 52.2 cm³/mol. The molecule has 0 heterocycles. The van der Waals surface area contributed by atoms with Gasteiger partial charge in [0, 0.05) is 17.4 Å². The summed E-state index contributed by atoms with van der Waals surface area (Å²) in [4.78, 5) is 0. The third-order valence-corrected chi connectivity index (χ3v) is 4.69. The Morgan fingerprint density at radius 2 is 1.20 bits per heavy atom. The van der Waals surface area contributed by atoms with Gasteiger partial charge in [0.1, 0.15) is 0 Å². The van der Waals surface area contributed by atoms with Crippen molar-refractivity contribution in [1.29, 1.82) is 0 Å². The van der Waals surface area contributed by atoms with Crippen LogP contribution in [0.2, 0.25) is 10.6 Å². The van der Waals surface area contributed by atoms with Crippen molar-refractivity contribution in [2.45, 2.75) is 38.3 Å². The Morgan fingerprint density at radius 3 is 1.40 bits per heavy atom. The monoisotopic (exact) mass is 169 g/mol. The molecule has 0 spiro atoms. The quantitative estimate of drug-likeness (QED) is 0.566. The van der Waals surface area contributed by atoms with Crippen molar-refractivity contribution in [2.24, 2.45) is 11.8 Å². The van der Waals surface area contributed by atoms with Crippen LogP contribution in [0.1, 0.15) is 27.7 Å². The highest BCUT2D eigenvalue weighted by Gasteiger charge is 1.99. The van der Waals surface area contributed by atoms with E-state index in [0.717, 1.165) is 11.8 Å². The van der Waals surface area contributed by atoms with Gasteiger partial charge in [-0.05, 0) is 0 Å². The second-order valence-electron chi connectivity index (χ2n) is 3.72. The van der Waals surface area contributed by atoms with E-state index in [4.69, 9.17) is 0 Å². The van der Waals surface area contributed by atoms with Gasteiger partial charge in [-0.15, -0.1) is 0 Å². The molecule has 0 saturated heterocycles. The largest absolute Gasteiger partial charge is 0.237 e. The van der Waals surface area contributed by atoms with Crippen LogP contribution in [0.4, 0.5) is 0 Å². The summed E-state index contributed by atoms with van der Waals surface area (Å²) in [6, 6.07) is 0. The molecule has 0 nitrogen and oxygen atoms in total. The molecule has 0 fully saturated rings. The van der Waals surface area contributed by atoms with Crippen molar-refractivity contribution >= 4 is 32.6 Å². The van der Waals surface area contributed by atoms with E-state index in [1.54, 1.807) is 0 Å². The molecule has 10 heavy (non-hydrogen) atoms. The van der Waals surface area contributed by atoms with Crippen molar-refractivity contribution in [1.82, 2.24) is 0 Å². The maximum atomic E-state index is 2.33. The molecule has 0 aliphatic heterocycles. The molecule has 0 aliphatic rings. The molecule has 57 valence electrons. The van der Waals surface area contributed by atoms with Crippen LogP contribution in [0.25, 0.3) is 0 Å². The second kappa shape index (κ2) is 8.16. The Kier molecular flexibility index (Phi) is 11.1. The van der Waals surface area contributed by atoms with E-state index in [2.05, 4.69) is 27.7 Å². The lowest BCUT2D eigenvalue weighted by Gasteiger charge is -2.03. The molecule has 0 amide bonds. The second-order valence-corrected chi connectivity index (χ2v) is 5.58. The van der Waals surface area contributed by atoms with E-state index in [0.29, 0.717) is 15.2 Å². The first-order chi connectivity index (χ1) is 4.13. The highest BCUT2D eigenvalue weighted by Crippen LogP contribution is 2.05. The molecule has 2 heteroatoms. The summed E-state index contributed by atoms with van der Waals surface area (Å²) in [5.74, 6) is 1.91. The molecule has 0 unspecified atom stereocenters. The standard InChI is InChI=1S/2C4H9.2Al.H/c2*1-4(2)3;;;/h2*4H,1H2,2-3H3;;;. The predicted octanol–water partition coefficient (Wildman–Crippen LogP) is 2.19. The molecule has 0 rings (SSSR count). The fraction of sp³-hybridized carbons (Fsp3) is 1.00. The van der Waals surface area contributed by atoms with Gasteiger partial charge in [-0.2, -0.15) is 0 Å². The van der Waals surface area contributed by atoms with Crippen molar-refractivity contribution in [2.75, 3.05) is 0 Å². The van der Waals surface area contributed by atoms with E-state index in [1.807, 2.05) is 0 Å². The van der Waals surface area contributed by atoms with Crippen LogP contribution in [0.3, 0.4) is 0 Å². The summed E-state index contributed by atoms with van der Waals surface area (Å²) in [5.41, 5.74) is 0. The molecule has 0 bridgehead atoms. The van der Waals surface area contributed by atoms with Crippen molar-refractivity contribution < 1.29 is 0 Å². The summed E-state index contributed by atoms with van der Waals surface area (Å²) in [5, 5.41) is 3.08. The maximum absolute atomic E-state index is 2.33. The first-order valence-electron chi connectivity index (χ1n) is 4.13. The van der Waals surface area contributed by atoms with Crippen LogP contribution in [0, 0.1) is 11.8 Å². The Labute approximate surface area is 82.6 Å². The van der Waals surface area contributed by atoms with Crippen LogP contribution in [-0.4, -0.2) is 32.6 Å². The summed E-state index contributed by atoms with van der Waals surface area (Å²) in [6.07, 6.45) is 0. The number of rotatable bonds is 4. The summed E-state index contributed by atoms with van der Waals surface area (Å²) >= 11 is 0.316. The molecule has 0 aromatic rings. The van der Waals surface area contributed by atoms with Gasteiger partial charge in [0.25, 0.3) is 0 Å². The van der Waals surface area contributed by atoms with E-state index < -0.39 is 0 Å². The van der Waals surface area contributed by atoms with Crippen molar-refractivity contribution in [3.8, 4) is 0 Å². The maximum Gasteiger partial charge on any atom is 0.237 e. The van der Waals surface area contributed by atoms with Gasteiger partial charge in [0.2, 0.25) is 15.2 Å². The Morgan fingerprint density at radius 1 is 0.900 bits per heavy atom. The minimum atomic E-state index is 0. The normalized spacial score (nSPS) is 9.80. The van der Waals surface area contributed by atoms with Crippen molar-refractivity contribution in [3.05, 3.63) is 0 Å². The highest BCUT2D eigenvalue weighted by molar-refractivity contribution is 6.35. The zero-order chi connectivity index (χ0) is 7.28. The lowest BCUT2D eigenvalue weighted by molar-refractivity contribution is 0.700. The SMILES string of the molecule is CC(C)[CH2][AlH][CH2]C(C)C.[Al]. The summed E-state index contributed by atoms with van der Waals surface area (Å²) < 4.78 is 0. The van der Waals surface area contributed by atoms with E-state index in [-0.39, 0.29) is 17.4 Å². The van der Waals surface area contributed by atoms with Gasteiger partial charge in [0.15, 0.2) is 0 Å². The fourth-order valence-corrected chi connectivity index (χ4v) is 2.80. The van der Waals surface area contributed by atoms with Gasteiger partial charge >= 0.3 is 0 Å². The van der Waals surface area contributed by atoms with Crippen molar-refractivity contribution in [3.63, 3.8) is 0 Å². The zero-order valence-corrected chi connectivity index (χ0v) is 10.4. The minimum Gasteiger partial charge on any atom is -0.0950 e. The molecule has 0 saturated carbocycles. The van der Waals surface area contributed by atoms with Crippen LogP contribution in [0.15, 0.2) is 0 Å². The molecule has 0 atom stereocenters. The van der Waals surface area contributed by atoms with Gasteiger partial charge in [0.05, 0.1) is 0 Å². The molecular formula is C8H19Al2. The summed E-state index contributed by atoms with van der Waals surface area (Å²) in [7, 11) is 0. The average Bonchev–Trinajstić information content (AvgIpc) is 1.63. The summed E-state index contributed by atoms with van der Waals surface area (Å²) in [6.45, 7) is 9.31. The van der Waals surface area contributed by atoms with Gasteiger partial charge in [-0.1, -0.05) is 50.1 Å². The van der Waals surface area contributed by atoms with Crippen LogP contribution >= 0.6 is 0 Å². The topological polar surface area (TPSA) is 0 Å². The number of hydrogen-bond donors (Lipinski definition) is 0. The first kappa shape index (κ1) is 13.6. The molecule has 0 N–H and O–H groups in total. The average molecular weight is 169 g/mol. The highest BCUT2D eigenvalue weighted by atomic mass is 27.1. The Hall–Kier alpha value is 1.06. The van der Waals surface area contributed by atoms with Gasteiger partial charge in [-0.25, -0.2) is 0 Å².